The molecule has 0 bridgehead atoms. The Kier molecular flexibility index (Phi) is 3.89. The molecule has 0 aliphatic carbocycles. The summed E-state index contributed by atoms with van der Waals surface area (Å²) in [5, 5.41) is 11.9. The van der Waals surface area contributed by atoms with E-state index in [9.17, 15) is 13.2 Å². The van der Waals surface area contributed by atoms with Gasteiger partial charge in [-0.05, 0) is 23.8 Å². The molecule has 0 unspecified atom stereocenters. The van der Waals surface area contributed by atoms with Crippen LogP contribution in [0.25, 0.3) is 0 Å². The number of halogens is 3. The van der Waals surface area contributed by atoms with Gasteiger partial charge < -0.3 is 5.32 Å². The van der Waals surface area contributed by atoms with Crippen molar-refractivity contribution in [3.63, 3.8) is 0 Å². The Bertz CT molecular complexity index is 627. The molecule has 3 nitrogen and oxygen atoms in total. The molecule has 1 N–H and O–H groups in total. The van der Waals surface area contributed by atoms with Crippen LogP contribution in [0.3, 0.4) is 0 Å². The third-order valence-corrected chi connectivity index (χ3v) is 2.71. The number of pyridine rings is 1. The molecule has 1 heterocycles. The highest BCUT2D eigenvalue weighted by Crippen LogP contribution is 2.29. The smallest absolute Gasteiger partial charge is 0.379 e. The molecular formula is C14H10F3N3. The van der Waals surface area contributed by atoms with E-state index >= 15 is 0 Å². The van der Waals surface area contributed by atoms with Crippen molar-refractivity contribution in [2.45, 2.75) is 12.7 Å². The van der Waals surface area contributed by atoms with Gasteiger partial charge in [0.25, 0.3) is 0 Å². The molecule has 0 aliphatic heterocycles. The molecule has 0 amide bonds. The zero-order valence-electron chi connectivity index (χ0n) is 10.3. The minimum atomic E-state index is -4.33. The number of anilines is 1. The van der Waals surface area contributed by atoms with Gasteiger partial charge in [-0.15, -0.1) is 0 Å². The fraction of sp³-hybridized carbons (Fsp3) is 0.143. The molecule has 2 rings (SSSR count). The predicted molar refractivity (Wildman–Crippen MR) is 67.7 cm³/mol. The maximum atomic E-state index is 12.4. The second kappa shape index (κ2) is 5.61. The van der Waals surface area contributed by atoms with E-state index in [0.717, 1.165) is 12.1 Å². The number of hydrogen-bond acceptors (Lipinski definition) is 3. The Hall–Kier alpha value is -2.55. The Morgan fingerprint density at radius 2 is 1.85 bits per heavy atom. The first-order chi connectivity index (χ1) is 9.50. The molecule has 0 saturated carbocycles. The van der Waals surface area contributed by atoms with Gasteiger partial charge >= 0.3 is 6.18 Å². The van der Waals surface area contributed by atoms with Gasteiger partial charge in [-0.2, -0.15) is 18.4 Å². The Morgan fingerprint density at radius 1 is 1.15 bits per heavy atom. The largest absolute Gasteiger partial charge is 0.416 e. The van der Waals surface area contributed by atoms with E-state index in [4.69, 9.17) is 5.26 Å². The molecule has 0 aliphatic rings. The fourth-order valence-electron chi connectivity index (χ4n) is 1.64. The number of nitriles is 1. The lowest BCUT2D eigenvalue weighted by Crippen LogP contribution is -2.06. The molecule has 20 heavy (non-hydrogen) atoms. The average Bonchev–Trinajstić information content (AvgIpc) is 2.45. The molecule has 102 valence electrons. The number of hydrogen-bond donors (Lipinski definition) is 1. The third kappa shape index (κ3) is 3.26. The van der Waals surface area contributed by atoms with Crippen molar-refractivity contribution in [3.8, 4) is 6.07 Å². The van der Waals surface area contributed by atoms with E-state index in [1.165, 1.54) is 24.5 Å². The molecule has 0 atom stereocenters. The lowest BCUT2D eigenvalue weighted by atomic mass is 10.1. The van der Waals surface area contributed by atoms with Crippen molar-refractivity contribution in [3.05, 3.63) is 59.4 Å². The second-order valence-electron chi connectivity index (χ2n) is 4.08. The van der Waals surface area contributed by atoms with Gasteiger partial charge in [0, 0.05) is 12.7 Å². The van der Waals surface area contributed by atoms with Gasteiger partial charge in [0.15, 0.2) is 0 Å². The number of benzene rings is 1. The fourth-order valence-corrected chi connectivity index (χ4v) is 1.64. The lowest BCUT2D eigenvalue weighted by Gasteiger charge is -2.09. The van der Waals surface area contributed by atoms with Crippen LogP contribution in [0, 0.1) is 11.3 Å². The number of nitrogens with zero attached hydrogens (tertiary/aromatic N) is 2. The van der Waals surface area contributed by atoms with Crippen LogP contribution in [0.5, 0.6) is 0 Å². The van der Waals surface area contributed by atoms with Crippen LogP contribution in [0.4, 0.5) is 18.9 Å². The Balaban J connectivity index is 2.07. The Labute approximate surface area is 113 Å². The summed E-state index contributed by atoms with van der Waals surface area (Å²) in [6.07, 6.45) is -1.33. The summed E-state index contributed by atoms with van der Waals surface area (Å²) in [6.45, 7) is 0.318. The summed E-state index contributed by atoms with van der Waals surface area (Å²) in [6, 6.07) is 8.44. The summed E-state index contributed by atoms with van der Waals surface area (Å²) in [7, 11) is 0. The van der Waals surface area contributed by atoms with E-state index in [1.54, 1.807) is 6.07 Å². The van der Waals surface area contributed by atoms with Gasteiger partial charge in [-0.1, -0.05) is 12.1 Å². The van der Waals surface area contributed by atoms with E-state index in [1.807, 2.05) is 6.07 Å². The molecule has 0 fully saturated rings. The summed E-state index contributed by atoms with van der Waals surface area (Å²) in [5.74, 6) is 0. The summed E-state index contributed by atoms with van der Waals surface area (Å²) >= 11 is 0. The van der Waals surface area contributed by atoms with Crippen LogP contribution < -0.4 is 5.32 Å². The zero-order valence-corrected chi connectivity index (χ0v) is 10.3. The number of aromatic nitrogens is 1. The standard InChI is InChI=1S/C14H10F3N3/c15-14(16,17)12-3-1-10(2-4-12)8-20-13-9-19-6-5-11(13)7-18/h1-6,9,20H,8H2. The van der Waals surface area contributed by atoms with Gasteiger partial charge in [-0.3, -0.25) is 4.98 Å². The SMILES string of the molecule is N#Cc1ccncc1NCc1ccc(C(F)(F)F)cc1. The lowest BCUT2D eigenvalue weighted by molar-refractivity contribution is -0.137. The van der Waals surface area contributed by atoms with Crippen LogP contribution >= 0.6 is 0 Å². The van der Waals surface area contributed by atoms with Gasteiger partial charge in [0.2, 0.25) is 0 Å². The monoisotopic (exact) mass is 277 g/mol. The van der Waals surface area contributed by atoms with Crippen LogP contribution in [0.15, 0.2) is 42.7 Å². The molecule has 0 saturated heterocycles. The van der Waals surface area contributed by atoms with E-state index in [0.29, 0.717) is 23.4 Å². The van der Waals surface area contributed by atoms with Crippen molar-refractivity contribution in [2.75, 3.05) is 5.32 Å². The molecule has 1 aromatic carbocycles. The normalized spacial score (nSPS) is 10.9. The number of nitrogens with one attached hydrogen (secondary N) is 1. The van der Waals surface area contributed by atoms with Crippen LogP contribution in [0.2, 0.25) is 0 Å². The van der Waals surface area contributed by atoms with Gasteiger partial charge in [-0.25, -0.2) is 0 Å². The number of rotatable bonds is 3. The predicted octanol–water partition coefficient (Wildman–Crippen LogP) is 3.58. The van der Waals surface area contributed by atoms with Crippen molar-refractivity contribution in [2.24, 2.45) is 0 Å². The molecule has 6 heteroatoms. The van der Waals surface area contributed by atoms with Crippen molar-refractivity contribution in [1.82, 2.24) is 4.98 Å². The van der Waals surface area contributed by atoms with E-state index in [-0.39, 0.29) is 0 Å². The first-order valence-electron chi connectivity index (χ1n) is 5.75. The average molecular weight is 277 g/mol. The van der Waals surface area contributed by atoms with Crippen molar-refractivity contribution in [1.29, 1.82) is 5.26 Å². The van der Waals surface area contributed by atoms with E-state index < -0.39 is 11.7 Å². The molecule has 2 aromatic rings. The number of alkyl halides is 3. The maximum absolute atomic E-state index is 12.4. The minimum Gasteiger partial charge on any atom is -0.379 e. The first-order valence-corrected chi connectivity index (χ1v) is 5.75. The highest BCUT2D eigenvalue weighted by Gasteiger charge is 2.29. The van der Waals surface area contributed by atoms with Crippen LogP contribution in [0.1, 0.15) is 16.7 Å². The minimum absolute atomic E-state index is 0.318. The summed E-state index contributed by atoms with van der Waals surface area (Å²) in [5.41, 5.74) is 0.993. The van der Waals surface area contributed by atoms with Gasteiger partial charge in [0.05, 0.1) is 23.0 Å². The zero-order chi connectivity index (χ0) is 14.6. The van der Waals surface area contributed by atoms with Crippen molar-refractivity contribution >= 4 is 5.69 Å². The third-order valence-electron chi connectivity index (χ3n) is 2.71. The summed E-state index contributed by atoms with van der Waals surface area (Å²) < 4.78 is 37.2. The van der Waals surface area contributed by atoms with Gasteiger partial charge in [0.1, 0.15) is 6.07 Å². The Morgan fingerprint density at radius 3 is 2.45 bits per heavy atom. The first kappa shape index (κ1) is 13.9. The topological polar surface area (TPSA) is 48.7 Å². The quantitative estimate of drug-likeness (QED) is 0.932. The highest BCUT2D eigenvalue weighted by molar-refractivity contribution is 5.55. The summed E-state index contributed by atoms with van der Waals surface area (Å²) in [4.78, 5) is 3.89. The highest BCUT2D eigenvalue weighted by atomic mass is 19.4. The second-order valence-corrected chi connectivity index (χ2v) is 4.08. The molecule has 0 radical (unpaired) electrons. The van der Waals surface area contributed by atoms with Crippen LogP contribution in [-0.4, -0.2) is 4.98 Å². The molecule has 0 spiro atoms. The maximum Gasteiger partial charge on any atom is 0.416 e. The van der Waals surface area contributed by atoms with Crippen LogP contribution in [-0.2, 0) is 12.7 Å². The molecule has 1 aromatic heterocycles. The molecular weight excluding hydrogens is 267 g/mol. The van der Waals surface area contributed by atoms with Crippen molar-refractivity contribution < 1.29 is 13.2 Å². The van der Waals surface area contributed by atoms with E-state index in [2.05, 4.69) is 10.3 Å².